The first-order valence-electron chi connectivity index (χ1n) is 7.00. The van der Waals surface area contributed by atoms with Crippen molar-refractivity contribution in [3.63, 3.8) is 0 Å². The summed E-state index contributed by atoms with van der Waals surface area (Å²) in [4.78, 5) is 25.9. The van der Waals surface area contributed by atoms with Gasteiger partial charge in [0.2, 0.25) is 11.8 Å². The molecular weight excluding hydrogens is 283 g/mol. The summed E-state index contributed by atoms with van der Waals surface area (Å²) >= 11 is 0. The largest absolute Gasteiger partial charge is 0.324 e. The van der Waals surface area contributed by atoms with Crippen molar-refractivity contribution < 1.29 is 14.0 Å². The van der Waals surface area contributed by atoms with Gasteiger partial charge < -0.3 is 5.32 Å². The van der Waals surface area contributed by atoms with E-state index in [0.717, 1.165) is 11.3 Å². The number of hydrogen-bond donors (Lipinski definition) is 1. The van der Waals surface area contributed by atoms with Crippen LogP contribution in [0.2, 0.25) is 0 Å². The Morgan fingerprint density at radius 3 is 2.50 bits per heavy atom. The maximum absolute atomic E-state index is 12.9. The average molecular weight is 298 g/mol. The molecule has 1 atom stereocenters. The predicted octanol–water partition coefficient (Wildman–Crippen LogP) is 2.74. The maximum atomic E-state index is 12.9. The van der Waals surface area contributed by atoms with Crippen LogP contribution in [0.3, 0.4) is 0 Å². The molecular formula is C17H15FN2O2. The van der Waals surface area contributed by atoms with Crippen molar-refractivity contribution in [2.45, 2.75) is 19.4 Å². The van der Waals surface area contributed by atoms with Gasteiger partial charge in [0.15, 0.2) is 0 Å². The number of nitrogens with one attached hydrogen (secondary N) is 1. The molecule has 5 heteroatoms. The molecule has 3 rings (SSSR count). The Hall–Kier alpha value is -2.69. The third kappa shape index (κ3) is 2.57. The first kappa shape index (κ1) is 14.3. The van der Waals surface area contributed by atoms with Gasteiger partial charge in [-0.05, 0) is 35.9 Å². The van der Waals surface area contributed by atoms with Crippen molar-refractivity contribution >= 4 is 23.2 Å². The molecule has 0 aliphatic carbocycles. The number of para-hydroxylation sites is 1. The second-order valence-corrected chi connectivity index (χ2v) is 5.23. The van der Waals surface area contributed by atoms with Gasteiger partial charge in [0, 0.05) is 24.7 Å². The molecule has 0 bridgehead atoms. The van der Waals surface area contributed by atoms with Crippen LogP contribution in [-0.2, 0) is 16.0 Å². The highest BCUT2D eigenvalue weighted by Crippen LogP contribution is 2.32. The van der Waals surface area contributed by atoms with Crippen molar-refractivity contribution in [2.75, 3.05) is 10.2 Å². The normalized spacial score (nSPS) is 16.3. The molecule has 0 saturated heterocycles. The Kier molecular flexibility index (Phi) is 3.63. The Balaban J connectivity index is 1.83. The van der Waals surface area contributed by atoms with E-state index in [1.165, 1.54) is 36.1 Å². The number of anilines is 2. The molecule has 0 spiro atoms. The lowest BCUT2D eigenvalue weighted by molar-refractivity contribution is -0.122. The molecule has 1 heterocycles. The fourth-order valence-corrected chi connectivity index (χ4v) is 2.74. The molecule has 4 nitrogen and oxygen atoms in total. The zero-order valence-electron chi connectivity index (χ0n) is 12.0. The lowest BCUT2D eigenvalue weighted by Gasteiger charge is -2.23. The van der Waals surface area contributed by atoms with Crippen LogP contribution < -0.4 is 10.2 Å². The lowest BCUT2D eigenvalue weighted by Crippen LogP contribution is -2.44. The highest BCUT2D eigenvalue weighted by atomic mass is 19.1. The summed E-state index contributed by atoms with van der Waals surface area (Å²) in [6.45, 7) is 1.44. The van der Waals surface area contributed by atoms with Gasteiger partial charge in [-0.25, -0.2) is 4.39 Å². The fraction of sp³-hybridized carbons (Fsp3) is 0.176. The van der Waals surface area contributed by atoms with Crippen molar-refractivity contribution in [2.24, 2.45) is 0 Å². The Labute approximate surface area is 127 Å². The molecule has 1 N–H and O–H groups in total. The first-order chi connectivity index (χ1) is 10.6. The van der Waals surface area contributed by atoms with Gasteiger partial charge >= 0.3 is 0 Å². The van der Waals surface area contributed by atoms with E-state index in [9.17, 15) is 14.0 Å². The van der Waals surface area contributed by atoms with E-state index < -0.39 is 6.04 Å². The van der Waals surface area contributed by atoms with Crippen LogP contribution in [-0.4, -0.2) is 17.9 Å². The Morgan fingerprint density at radius 2 is 1.82 bits per heavy atom. The molecule has 0 unspecified atom stereocenters. The number of carbonyl (C=O) groups is 2. The molecule has 112 valence electrons. The van der Waals surface area contributed by atoms with Crippen LogP contribution in [0.4, 0.5) is 15.8 Å². The van der Waals surface area contributed by atoms with Crippen molar-refractivity contribution in [1.29, 1.82) is 0 Å². The Bertz CT molecular complexity index is 728. The van der Waals surface area contributed by atoms with Crippen LogP contribution in [0.25, 0.3) is 0 Å². The molecule has 2 aromatic carbocycles. The summed E-state index contributed by atoms with van der Waals surface area (Å²) in [5.74, 6) is -0.821. The third-order valence-corrected chi connectivity index (χ3v) is 3.73. The SMILES string of the molecule is CC(=O)N1c2ccccc2C[C@H]1C(=O)Nc1ccc(F)cc1. The number of benzene rings is 2. The maximum Gasteiger partial charge on any atom is 0.247 e. The molecule has 0 aromatic heterocycles. The summed E-state index contributed by atoms with van der Waals surface area (Å²) in [6.07, 6.45) is 0.475. The van der Waals surface area contributed by atoms with E-state index in [-0.39, 0.29) is 17.6 Å². The lowest BCUT2D eigenvalue weighted by atomic mass is 10.1. The standard InChI is InChI=1S/C17H15FN2O2/c1-11(21)20-15-5-3-2-4-12(15)10-16(20)17(22)19-14-8-6-13(18)7-9-14/h2-9,16H,10H2,1H3,(H,19,22)/t16-/m0/s1. The summed E-state index contributed by atoms with van der Waals surface area (Å²) in [5.41, 5.74) is 2.25. The Morgan fingerprint density at radius 1 is 1.14 bits per heavy atom. The minimum absolute atomic E-state index is 0.177. The molecule has 22 heavy (non-hydrogen) atoms. The molecule has 1 aliphatic rings. The molecule has 0 fully saturated rings. The van der Waals surface area contributed by atoms with Gasteiger partial charge in [0.25, 0.3) is 0 Å². The number of fused-ring (bicyclic) bond motifs is 1. The summed E-state index contributed by atoms with van der Waals surface area (Å²) < 4.78 is 12.9. The van der Waals surface area contributed by atoms with Crippen molar-refractivity contribution in [3.8, 4) is 0 Å². The van der Waals surface area contributed by atoms with Crippen molar-refractivity contribution in [1.82, 2.24) is 0 Å². The molecule has 0 radical (unpaired) electrons. The molecule has 1 aliphatic heterocycles. The minimum Gasteiger partial charge on any atom is -0.324 e. The smallest absolute Gasteiger partial charge is 0.247 e. The van der Waals surface area contributed by atoms with E-state index in [0.29, 0.717) is 12.1 Å². The number of carbonyl (C=O) groups excluding carboxylic acids is 2. The van der Waals surface area contributed by atoms with Crippen LogP contribution >= 0.6 is 0 Å². The number of nitrogens with zero attached hydrogens (tertiary/aromatic N) is 1. The van der Waals surface area contributed by atoms with E-state index >= 15 is 0 Å². The zero-order chi connectivity index (χ0) is 15.7. The van der Waals surface area contributed by atoms with Gasteiger partial charge in [-0.2, -0.15) is 0 Å². The van der Waals surface area contributed by atoms with E-state index in [1.54, 1.807) is 0 Å². The second-order valence-electron chi connectivity index (χ2n) is 5.23. The van der Waals surface area contributed by atoms with Crippen LogP contribution in [0, 0.1) is 5.82 Å². The minimum atomic E-state index is -0.583. The second kappa shape index (κ2) is 5.60. The zero-order valence-corrected chi connectivity index (χ0v) is 12.0. The molecule has 0 saturated carbocycles. The van der Waals surface area contributed by atoms with Gasteiger partial charge in [-0.15, -0.1) is 0 Å². The fourth-order valence-electron chi connectivity index (χ4n) is 2.74. The van der Waals surface area contributed by atoms with Gasteiger partial charge in [0.1, 0.15) is 11.9 Å². The van der Waals surface area contributed by atoms with Gasteiger partial charge in [0.05, 0.1) is 0 Å². The number of amides is 2. The highest BCUT2D eigenvalue weighted by molar-refractivity contribution is 6.06. The number of hydrogen-bond acceptors (Lipinski definition) is 2. The quantitative estimate of drug-likeness (QED) is 0.927. The van der Waals surface area contributed by atoms with Crippen molar-refractivity contribution in [3.05, 3.63) is 59.9 Å². The van der Waals surface area contributed by atoms with Crippen LogP contribution in [0.1, 0.15) is 12.5 Å². The first-order valence-corrected chi connectivity index (χ1v) is 7.00. The monoisotopic (exact) mass is 298 g/mol. The average Bonchev–Trinajstić information content (AvgIpc) is 2.89. The topological polar surface area (TPSA) is 49.4 Å². The summed E-state index contributed by atoms with van der Waals surface area (Å²) in [5, 5.41) is 2.73. The van der Waals surface area contributed by atoms with Gasteiger partial charge in [-0.1, -0.05) is 18.2 Å². The summed E-state index contributed by atoms with van der Waals surface area (Å²) in [6, 6.07) is 12.4. The van der Waals surface area contributed by atoms with Crippen LogP contribution in [0.5, 0.6) is 0 Å². The van der Waals surface area contributed by atoms with Gasteiger partial charge in [-0.3, -0.25) is 14.5 Å². The highest BCUT2D eigenvalue weighted by Gasteiger charge is 2.36. The molecule has 2 aromatic rings. The van der Waals surface area contributed by atoms with Crippen LogP contribution in [0.15, 0.2) is 48.5 Å². The molecule has 2 amide bonds. The van der Waals surface area contributed by atoms with E-state index in [2.05, 4.69) is 5.32 Å². The number of halogens is 1. The third-order valence-electron chi connectivity index (χ3n) is 3.73. The predicted molar refractivity (Wildman–Crippen MR) is 82.1 cm³/mol. The summed E-state index contributed by atoms with van der Waals surface area (Å²) in [7, 11) is 0. The number of rotatable bonds is 2. The van der Waals surface area contributed by atoms with E-state index in [1.807, 2.05) is 24.3 Å². The van der Waals surface area contributed by atoms with E-state index in [4.69, 9.17) is 0 Å².